The number of rotatable bonds is 7. The smallest absolute Gasteiger partial charge is 0.135 e. The minimum atomic E-state index is -1.16. The summed E-state index contributed by atoms with van der Waals surface area (Å²) < 4.78 is 247. The van der Waals surface area contributed by atoms with Gasteiger partial charge in [-0.05, 0) is 127 Å². The van der Waals surface area contributed by atoms with Crippen molar-refractivity contribution in [1.29, 1.82) is 0 Å². The molecule has 2 nitrogen and oxygen atoms in total. The van der Waals surface area contributed by atoms with Crippen molar-refractivity contribution in [2.24, 2.45) is 0 Å². The highest BCUT2D eigenvalue weighted by atomic mass is 16.5. The number of anilines is 3. The number of fused-ring (bicyclic) bond motifs is 7. The fraction of sp³-hybridized carbons (Fsp3) is 0. The summed E-state index contributed by atoms with van der Waals surface area (Å²) in [4.78, 5) is 0.445. The predicted octanol–water partition coefficient (Wildman–Crippen LogP) is 16.4. The van der Waals surface area contributed by atoms with Gasteiger partial charge in [-0.3, -0.25) is 0 Å². The molecule has 10 aromatic carbocycles. The number of hydrogen-bond donors (Lipinski definition) is 0. The number of hydrogen-bond acceptors (Lipinski definition) is 2. The van der Waals surface area contributed by atoms with E-state index >= 15 is 0 Å². The van der Waals surface area contributed by atoms with Gasteiger partial charge in [0.15, 0.2) is 0 Å². The minimum Gasteiger partial charge on any atom is -0.456 e. The molecule has 0 fully saturated rings. The third kappa shape index (κ3) is 6.51. The normalized spacial score (nSPS) is 17.8. The van der Waals surface area contributed by atoms with Crippen LogP contribution >= 0.6 is 0 Å². The Morgan fingerprint density at radius 3 is 1.33 bits per heavy atom. The maximum atomic E-state index is 9.73. The van der Waals surface area contributed by atoms with Crippen LogP contribution in [0.3, 0.4) is 0 Å². The first-order valence-electron chi connectivity index (χ1n) is 31.8. The van der Waals surface area contributed by atoms with E-state index in [1.54, 1.807) is 36.4 Å². The average Bonchev–Trinajstić information content (AvgIpc) is 1.28. The first-order valence-corrected chi connectivity index (χ1v) is 18.3. The molecule has 0 spiro atoms. The second-order valence-electron chi connectivity index (χ2n) is 13.2. The van der Waals surface area contributed by atoms with Crippen molar-refractivity contribution in [3.05, 3.63) is 236 Å². The van der Waals surface area contributed by atoms with Gasteiger partial charge in [-0.15, -0.1) is 0 Å². The lowest BCUT2D eigenvalue weighted by Crippen LogP contribution is -2.09. The van der Waals surface area contributed by atoms with E-state index in [-0.39, 0.29) is 22.6 Å². The largest absolute Gasteiger partial charge is 0.456 e. The van der Waals surface area contributed by atoms with Crippen molar-refractivity contribution < 1.29 is 41.7 Å². The van der Waals surface area contributed by atoms with Crippen molar-refractivity contribution in [3.8, 4) is 78.3 Å². The Hall–Kier alpha value is -7.94. The molecule has 0 amide bonds. The van der Waals surface area contributed by atoms with E-state index < -0.39 is 208 Å². The highest BCUT2D eigenvalue weighted by molar-refractivity contribution is 6.06. The van der Waals surface area contributed by atoms with Gasteiger partial charge in [0.25, 0.3) is 0 Å². The van der Waals surface area contributed by atoms with Gasteiger partial charge in [0.05, 0.1) is 37.0 Å². The van der Waals surface area contributed by atoms with Crippen LogP contribution in [0.15, 0.2) is 236 Å². The quantitative estimate of drug-likeness (QED) is 0.159. The molecule has 0 radical (unpaired) electrons. The molecule has 1 heterocycles. The standard InChI is InChI=1S/C58H39NO/c1-4-12-40(13-5-1)43-20-29-49(30-21-43)59(50-31-22-44(23-32-50)41-14-6-2-7-15-41)51-33-24-45(25-34-51)48-27-36-54-53-35-26-47(42-16-8-3-9-17-42)38-55(53)58-52-19-11-10-18-46(52)28-37-56(58)60-57(54)39-48/h1-39H/i1D,2D,3D,4D,5D,6D,7D,8D,9D,12D,13D,14D,15D,16D,17D,20D,21D,22D,23D,24D,25D,29D,30D,31D,32D,33D,34D. The molecular weight excluding hydrogens is 727 g/mol. The van der Waals surface area contributed by atoms with E-state index in [0.717, 1.165) is 5.39 Å². The van der Waals surface area contributed by atoms with Gasteiger partial charge < -0.3 is 9.64 Å². The van der Waals surface area contributed by atoms with Crippen LogP contribution in [0.2, 0.25) is 0 Å². The Labute approximate surface area is 388 Å². The summed E-state index contributed by atoms with van der Waals surface area (Å²) in [6, 6.07) is -3.92. The van der Waals surface area contributed by atoms with Crippen LogP contribution in [0.4, 0.5) is 17.1 Å². The Balaban J connectivity index is 1.16. The van der Waals surface area contributed by atoms with Crippen LogP contribution in [0.25, 0.3) is 77.5 Å². The van der Waals surface area contributed by atoms with Gasteiger partial charge in [0, 0.05) is 28.2 Å². The maximum absolute atomic E-state index is 9.73. The summed E-state index contributed by atoms with van der Waals surface area (Å²) in [6.45, 7) is 0. The van der Waals surface area contributed by atoms with Gasteiger partial charge in [-0.25, -0.2) is 0 Å². The second kappa shape index (κ2) is 15.1. The second-order valence-corrected chi connectivity index (χ2v) is 13.2. The van der Waals surface area contributed by atoms with Gasteiger partial charge >= 0.3 is 0 Å². The third-order valence-corrected chi connectivity index (χ3v) is 9.75. The van der Waals surface area contributed by atoms with Gasteiger partial charge in [0.2, 0.25) is 0 Å². The van der Waals surface area contributed by atoms with Crippen molar-refractivity contribution in [3.63, 3.8) is 0 Å². The molecule has 2 heteroatoms. The number of nitrogens with zero attached hydrogens (tertiary/aromatic N) is 1. The average molecular weight is 793 g/mol. The van der Waals surface area contributed by atoms with E-state index in [9.17, 15) is 16.4 Å². The summed E-state index contributed by atoms with van der Waals surface area (Å²) in [5, 5.41) is 1.50. The summed E-state index contributed by atoms with van der Waals surface area (Å²) in [5.41, 5.74) is -4.35. The molecule has 0 N–H and O–H groups in total. The summed E-state index contributed by atoms with van der Waals surface area (Å²) in [7, 11) is 0. The van der Waals surface area contributed by atoms with Crippen LogP contribution < -0.4 is 9.64 Å². The number of ether oxygens (including phenoxy) is 1. The Morgan fingerprint density at radius 2 is 0.783 bits per heavy atom. The molecule has 0 aromatic heterocycles. The highest BCUT2D eigenvalue weighted by Gasteiger charge is 2.24. The van der Waals surface area contributed by atoms with Crippen LogP contribution in [-0.2, 0) is 0 Å². The first-order chi connectivity index (χ1) is 41.0. The van der Waals surface area contributed by atoms with Gasteiger partial charge in [0.1, 0.15) is 11.5 Å². The zero-order chi connectivity index (χ0) is 63.3. The van der Waals surface area contributed by atoms with Crippen molar-refractivity contribution in [1.82, 2.24) is 0 Å². The van der Waals surface area contributed by atoms with Gasteiger partial charge in [-0.1, -0.05) is 175 Å². The minimum absolute atomic E-state index is 0.00448. The van der Waals surface area contributed by atoms with Crippen LogP contribution in [-0.4, -0.2) is 0 Å². The van der Waals surface area contributed by atoms with Crippen LogP contribution in [0.5, 0.6) is 11.5 Å². The molecule has 11 rings (SSSR count). The molecule has 0 aliphatic carbocycles. The van der Waals surface area contributed by atoms with E-state index in [0.29, 0.717) is 38.1 Å². The van der Waals surface area contributed by atoms with E-state index in [2.05, 4.69) is 0 Å². The monoisotopic (exact) mass is 792 g/mol. The topological polar surface area (TPSA) is 12.5 Å². The molecule has 0 unspecified atom stereocenters. The van der Waals surface area contributed by atoms with E-state index in [1.165, 1.54) is 12.1 Å². The zero-order valence-electron chi connectivity index (χ0n) is 57.8. The molecule has 0 saturated carbocycles. The Morgan fingerprint density at radius 1 is 0.333 bits per heavy atom. The molecule has 0 bridgehead atoms. The van der Waals surface area contributed by atoms with Crippen molar-refractivity contribution in [2.75, 3.05) is 4.90 Å². The van der Waals surface area contributed by atoms with E-state index in [4.69, 9.17) is 25.3 Å². The molecular formula is C58H39NO. The Kier molecular flexibility index (Phi) is 4.31. The lowest BCUT2D eigenvalue weighted by molar-refractivity contribution is 0.488. The van der Waals surface area contributed by atoms with Crippen LogP contribution in [0.1, 0.15) is 37.0 Å². The highest BCUT2D eigenvalue weighted by Crippen LogP contribution is 2.51. The van der Waals surface area contributed by atoms with Crippen LogP contribution in [0, 0.1) is 0 Å². The lowest BCUT2D eigenvalue weighted by Gasteiger charge is -2.26. The molecule has 10 aromatic rings. The Bertz CT molecular complexity index is 4460. The fourth-order valence-corrected chi connectivity index (χ4v) is 6.99. The molecule has 282 valence electrons. The van der Waals surface area contributed by atoms with Crippen molar-refractivity contribution in [2.45, 2.75) is 0 Å². The summed E-state index contributed by atoms with van der Waals surface area (Å²) in [6.07, 6.45) is 0. The summed E-state index contributed by atoms with van der Waals surface area (Å²) >= 11 is 0. The molecule has 60 heavy (non-hydrogen) atoms. The zero-order valence-corrected chi connectivity index (χ0v) is 30.8. The summed E-state index contributed by atoms with van der Waals surface area (Å²) in [5.74, 6) is 0.399. The molecule has 0 atom stereocenters. The molecule has 1 aliphatic rings. The third-order valence-electron chi connectivity index (χ3n) is 9.75. The predicted molar refractivity (Wildman–Crippen MR) is 251 cm³/mol. The van der Waals surface area contributed by atoms with Crippen molar-refractivity contribution >= 4 is 27.8 Å². The maximum Gasteiger partial charge on any atom is 0.135 e. The van der Waals surface area contributed by atoms with E-state index in [1.807, 2.05) is 24.3 Å². The SMILES string of the molecule is [2H]c1c([2H])c([2H])c(-c2ccc3c(c2)-c2c(ccc4ccccc24)Oc2cc(-c4c([2H])c([2H])c(N(c5c([2H])c([2H])c(-c6c([2H])c([2H])c([2H])c([2H])c6[2H])c([2H])c5[2H])c5c([2H])c([2H])c(-c6c([2H])c([2H])c([2H])c([2H])c6[2H])c([2H])c5[2H])c([2H])c4[2H])ccc2-3)c([2H])c1[2H]. The fourth-order valence-electron chi connectivity index (χ4n) is 6.99. The lowest BCUT2D eigenvalue weighted by atomic mass is 9.88. The number of benzene rings is 10. The molecule has 0 saturated heterocycles. The molecule has 1 aliphatic heterocycles. The first kappa shape index (κ1) is 17.1. The van der Waals surface area contributed by atoms with Gasteiger partial charge in [-0.2, -0.15) is 0 Å².